The number of H-pyrrole nitrogens is 1. The number of nitrogens with zero attached hydrogens (tertiary/aromatic N) is 2. The quantitative estimate of drug-likeness (QED) is 0.864. The first-order chi connectivity index (χ1) is 10.6. The Morgan fingerprint density at radius 2 is 2.32 bits per heavy atom. The summed E-state index contributed by atoms with van der Waals surface area (Å²) in [6.45, 7) is 0.386. The molecule has 2 N–H and O–H groups in total. The second-order valence-electron chi connectivity index (χ2n) is 4.50. The van der Waals surface area contributed by atoms with Gasteiger partial charge in [0.2, 0.25) is 5.91 Å². The predicted molar refractivity (Wildman–Crippen MR) is 83.8 cm³/mol. The third kappa shape index (κ3) is 3.04. The van der Waals surface area contributed by atoms with Crippen molar-refractivity contribution in [2.75, 3.05) is 18.8 Å². The second-order valence-corrected chi connectivity index (χ2v) is 6.37. The molecule has 0 saturated carbocycles. The van der Waals surface area contributed by atoms with Crippen LogP contribution >= 0.6 is 23.1 Å². The van der Waals surface area contributed by atoms with Gasteiger partial charge in [-0.2, -0.15) is 5.10 Å². The van der Waals surface area contributed by atoms with Crippen molar-refractivity contribution < 1.29 is 14.4 Å². The highest BCUT2D eigenvalue weighted by Crippen LogP contribution is 2.22. The summed E-state index contributed by atoms with van der Waals surface area (Å²) in [7, 11) is 0. The fourth-order valence-electron chi connectivity index (χ4n) is 1.96. The minimum absolute atomic E-state index is 0.177. The van der Waals surface area contributed by atoms with Crippen molar-refractivity contribution in [3.8, 4) is 10.6 Å². The molecule has 0 bridgehead atoms. The molecule has 9 heteroatoms. The van der Waals surface area contributed by atoms with E-state index in [2.05, 4.69) is 15.5 Å². The van der Waals surface area contributed by atoms with Crippen LogP contribution in [0.25, 0.3) is 10.6 Å². The highest BCUT2D eigenvalue weighted by atomic mass is 32.2. The standard InChI is InChI=1S/C13H12N4O3S2/c18-11-7-22-13(20)17(11)4-3-14-12(19)9-6-8(15-16-9)10-2-1-5-21-10/h1-2,5-6H,3-4,7H2,(H,14,19)(H,15,16). The number of thioether (sulfide) groups is 1. The number of imide groups is 1. The van der Waals surface area contributed by atoms with E-state index in [0.29, 0.717) is 0 Å². The Balaban J connectivity index is 1.54. The van der Waals surface area contributed by atoms with Gasteiger partial charge >= 0.3 is 0 Å². The van der Waals surface area contributed by atoms with Crippen molar-refractivity contribution >= 4 is 40.2 Å². The molecule has 0 atom stereocenters. The monoisotopic (exact) mass is 336 g/mol. The molecule has 1 fully saturated rings. The van der Waals surface area contributed by atoms with Crippen LogP contribution in [0.5, 0.6) is 0 Å². The minimum atomic E-state index is -0.342. The van der Waals surface area contributed by atoms with E-state index < -0.39 is 0 Å². The summed E-state index contributed by atoms with van der Waals surface area (Å²) >= 11 is 2.53. The van der Waals surface area contributed by atoms with Crippen LogP contribution in [-0.4, -0.2) is 51.0 Å². The Labute approximate surface area is 134 Å². The molecular weight excluding hydrogens is 324 g/mol. The number of hydrogen-bond donors (Lipinski definition) is 2. The molecule has 3 amide bonds. The first-order valence-electron chi connectivity index (χ1n) is 6.50. The molecule has 1 saturated heterocycles. The van der Waals surface area contributed by atoms with E-state index in [9.17, 15) is 14.4 Å². The molecule has 7 nitrogen and oxygen atoms in total. The SMILES string of the molecule is O=C(NCCN1C(=O)CSC1=O)c1cc(-c2cccs2)[nH]n1. The number of aromatic amines is 1. The predicted octanol–water partition coefficient (Wildman–Crippen LogP) is 1.56. The lowest BCUT2D eigenvalue weighted by Crippen LogP contribution is -2.37. The number of nitrogens with one attached hydrogen (secondary N) is 2. The van der Waals surface area contributed by atoms with Crippen molar-refractivity contribution in [1.82, 2.24) is 20.4 Å². The first-order valence-corrected chi connectivity index (χ1v) is 8.36. The molecule has 0 unspecified atom stereocenters. The van der Waals surface area contributed by atoms with Gasteiger partial charge in [0, 0.05) is 13.1 Å². The summed E-state index contributed by atoms with van der Waals surface area (Å²) in [6, 6.07) is 5.52. The second kappa shape index (κ2) is 6.32. The zero-order chi connectivity index (χ0) is 15.5. The molecule has 0 spiro atoms. The average molecular weight is 336 g/mol. The van der Waals surface area contributed by atoms with Gasteiger partial charge in [0.15, 0.2) is 5.69 Å². The largest absolute Gasteiger partial charge is 0.349 e. The van der Waals surface area contributed by atoms with Gasteiger partial charge in [-0.1, -0.05) is 17.8 Å². The molecule has 0 aromatic carbocycles. The summed E-state index contributed by atoms with van der Waals surface area (Å²) in [5.74, 6) is -0.383. The van der Waals surface area contributed by atoms with Crippen LogP contribution in [-0.2, 0) is 4.79 Å². The molecule has 1 aliphatic heterocycles. The zero-order valence-electron chi connectivity index (χ0n) is 11.4. The van der Waals surface area contributed by atoms with Crippen LogP contribution < -0.4 is 5.32 Å². The smallest absolute Gasteiger partial charge is 0.288 e. The summed E-state index contributed by atoms with van der Waals surface area (Å²) in [5.41, 5.74) is 1.05. The van der Waals surface area contributed by atoms with Gasteiger partial charge in [-0.15, -0.1) is 11.3 Å². The number of carbonyl (C=O) groups is 3. The van der Waals surface area contributed by atoms with Gasteiger partial charge in [-0.05, 0) is 17.5 Å². The van der Waals surface area contributed by atoms with Crippen LogP contribution in [0.3, 0.4) is 0 Å². The van der Waals surface area contributed by atoms with Crippen molar-refractivity contribution in [3.63, 3.8) is 0 Å². The molecule has 0 aliphatic carbocycles. The third-order valence-electron chi connectivity index (χ3n) is 3.06. The van der Waals surface area contributed by atoms with Crippen LogP contribution in [0.1, 0.15) is 10.5 Å². The zero-order valence-corrected chi connectivity index (χ0v) is 13.0. The maximum Gasteiger partial charge on any atom is 0.288 e. The average Bonchev–Trinajstić information content (AvgIpc) is 3.22. The van der Waals surface area contributed by atoms with Gasteiger partial charge in [0.25, 0.3) is 11.1 Å². The van der Waals surface area contributed by atoms with E-state index in [1.807, 2.05) is 17.5 Å². The van der Waals surface area contributed by atoms with Crippen LogP contribution in [0.2, 0.25) is 0 Å². The van der Waals surface area contributed by atoms with Gasteiger partial charge in [-0.3, -0.25) is 24.4 Å². The third-order valence-corrected chi connectivity index (χ3v) is 4.82. The van der Waals surface area contributed by atoms with Crippen molar-refractivity contribution in [1.29, 1.82) is 0 Å². The van der Waals surface area contributed by atoms with Gasteiger partial charge in [-0.25, -0.2) is 0 Å². The van der Waals surface area contributed by atoms with Crippen LogP contribution in [0, 0.1) is 0 Å². The molecule has 114 valence electrons. The summed E-state index contributed by atoms with van der Waals surface area (Å²) in [4.78, 5) is 36.9. The van der Waals surface area contributed by atoms with Crippen molar-refractivity contribution in [3.05, 3.63) is 29.3 Å². The fraction of sp³-hybridized carbons (Fsp3) is 0.231. The molecule has 0 radical (unpaired) electrons. The number of rotatable bonds is 5. The fourth-order valence-corrected chi connectivity index (χ4v) is 3.41. The molecule has 1 aliphatic rings. The lowest BCUT2D eigenvalue weighted by molar-refractivity contribution is -0.124. The van der Waals surface area contributed by atoms with E-state index in [0.717, 1.165) is 27.2 Å². The van der Waals surface area contributed by atoms with E-state index in [4.69, 9.17) is 0 Å². The van der Waals surface area contributed by atoms with Crippen LogP contribution in [0.4, 0.5) is 4.79 Å². The Kier molecular flexibility index (Phi) is 4.25. The molecule has 22 heavy (non-hydrogen) atoms. The summed E-state index contributed by atoms with van der Waals surface area (Å²) in [5, 5.41) is 11.1. The lowest BCUT2D eigenvalue weighted by atomic mass is 10.3. The van der Waals surface area contributed by atoms with E-state index in [1.54, 1.807) is 17.4 Å². The molecule has 2 aromatic heterocycles. The Bertz CT molecular complexity index is 695. The number of thiophene rings is 1. The first kappa shape index (κ1) is 14.8. The topological polar surface area (TPSA) is 95.2 Å². The summed E-state index contributed by atoms with van der Waals surface area (Å²) in [6.07, 6.45) is 0. The maximum absolute atomic E-state index is 12.0. The Morgan fingerprint density at radius 1 is 1.45 bits per heavy atom. The molecule has 3 rings (SSSR count). The summed E-state index contributed by atoms with van der Waals surface area (Å²) < 4.78 is 0. The molecular formula is C13H12N4O3S2. The molecule has 3 heterocycles. The number of carbonyl (C=O) groups excluding carboxylic acids is 3. The van der Waals surface area contributed by atoms with E-state index in [1.165, 1.54) is 0 Å². The van der Waals surface area contributed by atoms with Crippen molar-refractivity contribution in [2.45, 2.75) is 0 Å². The van der Waals surface area contributed by atoms with Gasteiger partial charge < -0.3 is 5.32 Å². The van der Waals surface area contributed by atoms with E-state index >= 15 is 0 Å². The Morgan fingerprint density at radius 3 is 3.00 bits per heavy atom. The highest BCUT2D eigenvalue weighted by Gasteiger charge is 2.29. The number of hydrogen-bond acceptors (Lipinski definition) is 6. The normalized spacial score (nSPS) is 14.6. The lowest BCUT2D eigenvalue weighted by Gasteiger charge is -2.12. The minimum Gasteiger partial charge on any atom is -0.349 e. The maximum atomic E-state index is 12.0. The molecule has 2 aromatic rings. The Hall–Kier alpha value is -2.13. The van der Waals surface area contributed by atoms with Crippen molar-refractivity contribution in [2.24, 2.45) is 0 Å². The van der Waals surface area contributed by atoms with Gasteiger partial charge in [0.05, 0.1) is 16.3 Å². The number of amides is 3. The number of aromatic nitrogens is 2. The van der Waals surface area contributed by atoms with E-state index in [-0.39, 0.29) is 41.6 Å². The van der Waals surface area contributed by atoms with Gasteiger partial charge in [0.1, 0.15) is 0 Å². The highest BCUT2D eigenvalue weighted by molar-refractivity contribution is 8.14. The van der Waals surface area contributed by atoms with Crippen LogP contribution in [0.15, 0.2) is 23.6 Å².